The number of imide groups is 1. The van der Waals surface area contributed by atoms with Crippen molar-refractivity contribution < 1.29 is 27.6 Å². The lowest BCUT2D eigenvalue weighted by molar-refractivity contribution is -0.128. The van der Waals surface area contributed by atoms with Crippen LogP contribution in [0.4, 0.5) is 0 Å². The molecule has 0 aromatic heterocycles. The summed E-state index contributed by atoms with van der Waals surface area (Å²) in [4.78, 5) is 50.1. The third-order valence-electron chi connectivity index (χ3n) is 4.00. The lowest BCUT2D eigenvalue weighted by atomic mass is 10.1. The number of hydrogen-bond acceptors (Lipinski definition) is 6. The van der Waals surface area contributed by atoms with Crippen LogP contribution in [-0.4, -0.2) is 68.1 Å². The summed E-state index contributed by atoms with van der Waals surface area (Å²) in [6.07, 6.45) is 0.741. The second-order valence-electron chi connectivity index (χ2n) is 6.13. The van der Waals surface area contributed by atoms with Crippen molar-refractivity contribution in [2.24, 2.45) is 0 Å². The Morgan fingerprint density at radius 3 is 2.11 bits per heavy atom. The molecule has 0 aliphatic carbocycles. The monoisotopic (exact) mass is 395 g/mol. The fourth-order valence-corrected chi connectivity index (χ4v) is 3.39. The van der Waals surface area contributed by atoms with E-state index in [9.17, 15) is 27.6 Å². The predicted octanol–water partition coefficient (Wildman–Crippen LogP) is -0.662. The average molecular weight is 395 g/mol. The number of nitrogens with one attached hydrogen (secondary N) is 2. The van der Waals surface area contributed by atoms with E-state index in [4.69, 9.17) is 0 Å². The van der Waals surface area contributed by atoms with E-state index in [0.29, 0.717) is 6.54 Å². The van der Waals surface area contributed by atoms with Crippen molar-refractivity contribution in [3.05, 3.63) is 35.4 Å². The predicted molar refractivity (Wildman–Crippen MR) is 96.8 cm³/mol. The van der Waals surface area contributed by atoms with Gasteiger partial charge in [0.1, 0.15) is 15.9 Å². The zero-order valence-corrected chi connectivity index (χ0v) is 15.8. The van der Waals surface area contributed by atoms with Gasteiger partial charge in [0.05, 0.1) is 23.4 Å². The van der Waals surface area contributed by atoms with Crippen molar-refractivity contribution in [1.29, 1.82) is 0 Å². The molecule has 1 aromatic rings. The summed E-state index contributed by atoms with van der Waals surface area (Å²) < 4.78 is 23.0. The van der Waals surface area contributed by atoms with E-state index in [1.54, 1.807) is 19.1 Å². The molecule has 2 rings (SSSR count). The topological polar surface area (TPSA) is 130 Å². The molecule has 0 saturated heterocycles. The zero-order valence-electron chi connectivity index (χ0n) is 15.0. The van der Waals surface area contributed by atoms with Gasteiger partial charge in [0, 0.05) is 12.8 Å². The van der Waals surface area contributed by atoms with Gasteiger partial charge < -0.3 is 10.6 Å². The molecule has 1 atom stereocenters. The molecular formula is C17H21N3O6S. The maximum absolute atomic E-state index is 12.6. The van der Waals surface area contributed by atoms with Crippen LogP contribution in [0, 0.1) is 0 Å². The minimum Gasteiger partial charge on any atom is -0.355 e. The van der Waals surface area contributed by atoms with E-state index in [0.717, 1.165) is 11.2 Å². The second kappa shape index (κ2) is 8.30. The molecule has 1 aromatic carbocycles. The fraction of sp³-hybridized carbons (Fsp3) is 0.412. The highest BCUT2D eigenvalue weighted by Gasteiger charge is 2.42. The van der Waals surface area contributed by atoms with Gasteiger partial charge in [-0.2, -0.15) is 0 Å². The highest BCUT2D eigenvalue weighted by Crippen LogP contribution is 2.25. The van der Waals surface area contributed by atoms with E-state index in [1.165, 1.54) is 12.1 Å². The van der Waals surface area contributed by atoms with Gasteiger partial charge in [0.25, 0.3) is 11.8 Å². The van der Waals surface area contributed by atoms with E-state index < -0.39 is 39.5 Å². The average Bonchev–Trinajstić information content (AvgIpc) is 2.85. The summed E-state index contributed by atoms with van der Waals surface area (Å²) in [5.74, 6) is -2.92. The maximum atomic E-state index is 12.6. The number of likely N-dealkylation sites (N-methyl/N-ethyl adjacent to an activating group) is 1. The Morgan fingerprint density at radius 1 is 1.07 bits per heavy atom. The fourth-order valence-electron chi connectivity index (χ4n) is 2.74. The SMILES string of the molecule is CCNC(=O)CNC(=O)[C@H](CCS(C)(=O)=O)N1C(=O)c2ccccc2C1=O. The summed E-state index contributed by atoms with van der Waals surface area (Å²) in [6.45, 7) is 1.75. The minimum absolute atomic E-state index is 0.156. The van der Waals surface area contributed by atoms with Gasteiger partial charge in [-0.15, -0.1) is 0 Å². The van der Waals surface area contributed by atoms with Gasteiger partial charge in [0.2, 0.25) is 11.8 Å². The van der Waals surface area contributed by atoms with Crippen molar-refractivity contribution in [1.82, 2.24) is 15.5 Å². The molecule has 0 radical (unpaired) electrons. The van der Waals surface area contributed by atoms with Gasteiger partial charge in [-0.3, -0.25) is 24.1 Å². The van der Waals surface area contributed by atoms with Crippen LogP contribution >= 0.6 is 0 Å². The van der Waals surface area contributed by atoms with Crippen LogP contribution in [0.25, 0.3) is 0 Å². The Morgan fingerprint density at radius 2 is 1.63 bits per heavy atom. The Balaban J connectivity index is 2.25. The van der Waals surface area contributed by atoms with Gasteiger partial charge in [-0.25, -0.2) is 8.42 Å². The zero-order chi connectivity index (χ0) is 20.2. The quantitative estimate of drug-likeness (QED) is 0.562. The molecule has 0 spiro atoms. The first kappa shape index (κ1) is 20.6. The minimum atomic E-state index is -3.43. The number of fused-ring (bicyclic) bond motifs is 1. The number of carbonyl (C=O) groups is 4. The van der Waals surface area contributed by atoms with Gasteiger partial charge in [-0.05, 0) is 25.5 Å². The molecule has 146 valence electrons. The Labute approximate surface area is 157 Å². The number of sulfone groups is 1. The summed E-state index contributed by atoms with van der Waals surface area (Å²) in [5, 5.41) is 4.86. The highest BCUT2D eigenvalue weighted by molar-refractivity contribution is 7.90. The smallest absolute Gasteiger partial charge is 0.262 e. The number of hydrogen-bond donors (Lipinski definition) is 2. The summed E-state index contributed by atoms with van der Waals surface area (Å²) in [5.41, 5.74) is 0.312. The maximum Gasteiger partial charge on any atom is 0.262 e. The van der Waals surface area contributed by atoms with Crippen LogP contribution in [0.3, 0.4) is 0 Å². The molecule has 2 N–H and O–H groups in total. The summed E-state index contributed by atoms with van der Waals surface area (Å²) in [6, 6.07) is 4.79. The molecule has 1 aliphatic rings. The van der Waals surface area contributed by atoms with Crippen LogP contribution in [0.1, 0.15) is 34.1 Å². The number of rotatable bonds is 8. The molecule has 10 heteroatoms. The molecular weight excluding hydrogens is 374 g/mol. The first-order valence-corrected chi connectivity index (χ1v) is 10.4. The van der Waals surface area contributed by atoms with E-state index in [1.807, 2.05) is 0 Å². The van der Waals surface area contributed by atoms with Crippen LogP contribution < -0.4 is 10.6 Å². The Bertz CT molecular complexity index is 845. The molecule has 9 nitrogen and oxygen atoms in total. The lowest BCUT2D eigenvalue weighted by Gasteiger charge is -2.25. The molecule has 0 saturated carbocycles. The third-order valence-corrected chi connectivity index (χ3v) is 4.98. The molecule has 27 heavy (non-hydrogen) atoms. The largest absolute Gasteiger partial charge is 0.355 e. The molecule has 0 unspecified atom stereocenters. The normalized spacial score (nSPS) is 14.7. The van der Waals surface area contributed by atoms with Crippen LogP contribution in [-0.2, 0) is 19.4 Å². The third kappa shape index (κ3) is 4.91. The van der Waals surface area contributed by atoms with E-state index >= 15 is 0 Å². The molecule has 1 aliphatic heterocycles. The highest BCUT2D eigenvalue weighted by atomic mass is 32.2. The lowest BCUT2D eigenvalue weighted by Crippen LogP contribution is -2.51. The Hall–Kier alpha value is -2.75. The van der Waals surface area contributed by atoms with Crippen molar-refractivity contribution in [3.63, 3.8) is 0 Å². The molecule has 1 heterocycles. The first-order chi connectivity index (χ1) is 12.7. The van der Waals surface area contributed by atoms with Crippen LogP contribution in [0.2, 0.25) is 0 Å². The second-order valence-corrected chi connectivity index (χ2v) is 8.39. The van der Waals surface area contributed by atoms with Crippen molar-refractivity contribution in [2.75, 3.05) is 25.1 Å². The number of carbonyl (C=O) groups excluding carboxylic acids is 4. The van der Waals surface area contributed by atoms with E-state index in [-0.39, 0.29) is 29.8 Å². The first-order valence-electron chi connectivity index (χ1n) is 8.34. The van der Waals surface area contributed by atoms with Crippen molar-refractivity contribution in [3.8, 4) is 0 Å². The number of benzene rings is 1. The number of amides is 4. The Kier molecular flexibility index (Phi) is 6.32. The van der Waals surface area contributed by atoms with Gasteiger partial charge in [-0.1, -0.05) is 12.1 Å². The summed E-state index contributed by atoms with van der Waals surface area (Å²) >= 11 is 0. The van der Waals surface area contributed by atoms with Gasteiger partial charge >= 0.3 is 0 Å². The van der Waals surface area contributed by atoms with E-state index in [2.05, 4.69) is 10.6 Å². The van der Waals surface area contributed by atoms with Crippen molar-refractivity contribution >= 4 is 33.5 Å². The molecule has 4 amide bonds. The van der Waals surface area contributed by atoms with Crippen LogP contribution in [0.15, 0.2) is 24.3 Å². The number of nitrogens with zero attached hydrogens (tertiary/aromatic N) is 1. The van der Waals surface area contributed by atoms with Gasteiger partial charge in [0.15, 0.2) is 0 Å². The van der Waals surface area contributed by atoms with Crippen LogP contribution in [0.5, 0.6) is 0 Å². The standard InChI is InChI=1S/C17H21N3O6S/c1-3-18-14(21)10-19-15(22)13(8-9-27(2,25)26)20-16(23)11-6-4-5-7-12(11)17(20)24/h4-7,13H,3,8-10H2,1-2H3,(H,18,21)(H,19,22)/t13-/m0/s1. The molecule has 0 fully saturated rings. The summed E-state index contributed by atoms with van der Waals surface area (Å²) in [7, 11) is -3.43. The van der Waals surface area contributed by atoms with Crippen molar-refractivity contribution in [2.45, 2.75) is 19.4 Å². The molecule has 0 bridgehead atoms.